The van der Waals surface area contributed by atoms with Crippen LogP contribution in [0.25, 0.3) is 27.1 Å². The van der Waals surface area contributed by atoms with E-state index in [1.165, 1.54) is 60.3 Å². The molecular weight excluding hydrogens is 561 g/mol. The van der Waals surface area contributed by atoms with Gasteiger partial charge >= 0.3 is 0 Å². The fraction of sp³-hybridized carbons (Fsp3) is 0.143. The standard InChI is InChI=1S/C42H38N2Si/c1-45(2,3)34-22-20-33(21-23-34)44-42(39-19-11-13-29-12-7-8-16-35(29)39)25-24-36-31(28-42)26-30-27-40(43-32-14-5-4-6-15-32)37-17-9-10-18-38(37)41(30)36/h4-25,27,43-44H,26,28H2,1-3H3. The van der Waals surface area contributed by atoms with E-state index >= 15 is 0 Å². The number of allylic oxidation sites excluding steroid dienone is 2. The maximum atomic E-state index is 4.08. The number of nitrogens with one attached hydrogen (secondary N) is 2. The van der Waals surface area contributed by atoms with Gasteiger partial charge in [-0.15, -0.1) is 0 Å². The Kier molecular flexibility index (Phi) is 6.54. The zero-order chi connectivity index (χ0) is 30.6. The average molecular weight is 599 g/mol. The molecule has 0 saturated carbocycles. The van der Waals surface area contributed by atoms with Gasteiger partial charge in [0, 0.05) is 28.9 Å². The van der Waals surface area contributed by atoms with Crippen LogP contribution >= 0.6 is 0 Å². The molecule has 0 radical (unpaired) electrons. The normalized spacial score (nSPS) is 17.4. The van der Waals surface area contributed by atoms with Crippen molar-refractivity contribution in [2.24, 2.45) is 0 Å². The van der Waals surface area contributed by atoms with E-state index in [0.29, 0.717) is 0 Å². The van der Waals surface area contributed by atoms with Crippen molar-refractivity contribution in [2.45, 2.75) is 38.0 Å². The smallest absolute Gasteiger partial charge is 0.0856 e. The molecule has 45 heavy (non-hydrogen) atoms. The third kappa shape index (κ3) is 4.88. The Balaban J connectivity index is 1.23. The van der Waals surface area contributed by atoms with E-state index in [2.05, 4.69) is 170 Å². The highest BCUT2D eigenvalue weighted by Crippen LogP contribution is 2.50. The predicted octanol–water partition coefficient (Wildman–Crippen LogP) is 10.6. The van der Waals surface area contributed by atoms with Crippen molar-refractivity contribution < 1.29 is 0 Å². The fourth-order valence-corrected chi connectivity index (χ4v) is 8.58. The maximum absolute atomic E-state index is 4.08. The molecule has 2 N–H and O–H groups in total. The number of hydrogen-bond acceptors (Lipinski definition) is 2. The maximum Gasteiger partial charge on any atom is 0.0856 e. The summed E-state index contributed by atoms with van der Waals surface area (Å²) >= 11 is 0. The first kappa shape index (κ1) is 27.7. The zero-order valence-electron chi connectivity index (χ0n) is 26.2. The minimum absolute atomic E-state index is 0.372. The lowest BCUT2D eigenvalue weighted by Gasteiger charge is -2.38. The van der Waals surface area contributed by atoms with Gasteiger partial charge in [-0.1, -0.05) is 140 Å². The van der Waals surface area contributed by atoms with Crippen LogP contribution in [0.5, 0.6) is 0 Å². The van der Waals surface area contributed by atoms with E-state index < -0.39 is 8.07 Å². The van der Waals surface area contributed by atoms with Crippen molar-refractivity contribution in [3.63, 3.8) is 0 Å². The van der Waals surface area contributed by atoms with Crippen LogP contribution in [0.3, 0.4) is 0 Å². The molecule has 1 atom stereocenters. The van der Waals surface area contributed by atoms with Crippen LogP contribution in [0.1, 0.15) is 23.1 Å². The van der Waals surface area contributed by atoms with Crippen LogP contribution < -0.4 is 15.8 Å². The molecule has 6 aromatic rings. The fourth-order valence-electron chi connectivity index (χ4n) is 7.42. The Hall–Kier alpha value is -4.86. The Morgan fingerprint density at radius 2 is 1.33 bits per heavy atom. The molecule has 8 rings (SSSR count). The SMILES string of the molecule is C[Si](C)(C)c1ccc(NC2(c3cccc4ccccc34)C=CC3=C(Cc4cc(Nc5ccccc5)c5ccccc5c43)C2)cc1. The molecule has 1 unspecified atom stereocenters. The molecule has 6 aromatic carbocycles. The molecule has 0 amide bonds. The quantitative estimate of drug-likeness (QED) is 0.186. The summed E-state index contributed by atoms with van der Waals surface area (Å²) in [5.74, 6) is 0. The highest BCUT2D eigenvalue weighted by molar-refractivity contribution is 6.88. The Labute approximate surface area is 267 Å². The van der Waals surface area contributed by atoms with E-state index in [0.717, 1.165) is 24.2 Å². The van der Waals surface area contributed by atoms with Crippen LogP contribution in [0, 0.1) is 0 Å². The molecule has 2 aliphatic carbocycles. The van der Waals surface area contributed by atoms with Gasteiger partial charge in [-0.05, 0) is 75.2 Å². The number of fused-ring (bicyclic) bond motifs is 5. The van der Waals surface area contributed by atoms with Crippen molar-refractivity contribution in [1.29, 1.82) is 0 Å². The first-order chi connectivity index (χ1) is 21.9. The Bertz CT molecular complexity index is 2130. The summed E-state index contributed by atoms with van der Waals surface area (Å²) in [5, 5.41) is 14.4. The lowest BCUT2D eigenvalue weighted by atomic mass is 9.76. The van der Waals surface area contributed by atoms with Gasteiger partial charge in [0.05, 0.1) is 13.6 Å². The minimum atomic E-state index is -1.39. The van der Waals surface area contributed by atoms with Gasteiger partial charge in [0.2, 0.25) is 0 Å². The van der Waals surface area contributed by atoms with E-state index in [1.54, 1.807) is 0 Å². The molecule has 0 spiro atoms. The van der Waals surface area contributed by atoms with E-state index in [-0.39, 0.29) is 5.54 Å². The summed E-state index contributed by atoms with van der Waals surface area (Å²) in [4.78, 5) is 0. The topological polar surface area (TPSA) is 24.1 Å². The largest absolute Gasteiger partial charge is 0.372 e. The molecule has 2 aliphatic rings. The molecule has 0 heterocycles. The number of benzene rings is 6. The summed E-state index contributed by atoms with van der Waals surface area (Å²) in [6, 6.07) is 46.6. The zero-order valence-corrected chi connectivity index (χ0v) is 27.2. The van der Waals surface area contributed by atoms with Crippen LogP contribution in [0.4, 0.5) is 17.1 Å². The van der Waals surface area contributed by atoms with E-state index in [4.69, 9.17) is 0 Å². The van der Waals surface area contributed by atoms with Crippen molar-refractivity contribution in [1.82, 2.24) is 0 Å². The van der Waals surface area contributed by atoms with Crippen LogP contribution in [-0.2, 0) is 12.0 Å². The second kappa shape index (κ2) is 10.6. The van der Waals surface area contributed by atoms with Gasteiger partial charge in [-0.3, -0.25) is 0 Å². The molecule has 0 fully saturated rings. The first-order valence-electron chi connectivity index (χ1n) is 16.0. The van der Waals surface area contributed by atoms with Crippen LogP contribution in [0.15, 0.2) is 145 Å². The Morgan fingerprint density at radius 1 is 0.644 bits per heavy atom. The molecule has 0 bridgehead atoms. The minimum Gasteiger partial charge on any atom is -0.372 e. The van der Waals surface area contributed by atoms with Crippen molar-refractivity contribution in [3.8, 4) is 0 Å². The number of rotatable bonds is 6. The van der Waals surface area contributed by atoms with Gasteiger partial charge < -0.3 is 10.6 Å². The second-order valence-corrected chi connectivity index (χ2v) is 18.7. The molecular formula is C42H38N2Si. The van der Waals surface area contributed by atoms with Gasteiger partial charge in [-0.25, -0.2) is 0 Å². The van der Waals surface area contributed by atoms with Crippen molar-refractivity contribution in [3.05, 3.63) is 162 Å². The Morgan fingerprint density at radius 3 is 2.11 bits per heavy atom. The van der Waals surface area contributed by atoms with Crippen molar-refractivity contribution >= 4 is 57.4 Å². The highest BCUT2D eigenvalue weighted by Gasteiger charge is 2.38. The summed E-state index contributed by atoms with van der Waals surface area (Å²) in [5.41, 5.74) is 10.1. The molecule has 0 aliphatic heterocycles. The third-order valence-electron chi connectivity index (χ3n) is 9.65. The van der Waals surface area contributed by atoms with Crippen molar-refractivity contribution in [2.75, 3.05) is 10.6 Å². The second-order valence-electron chi connectivity index (χ2n) is 13.6. The van der Waals surface area contributed by atoms with Gasteiger partial charge in [0.1, 0.15) is 0 Å². The molecule has 0 saturated heterocycles. The number of para-hydroxylation sites is 1. The lowest BCUT2D eigenvalue weighted by Crippen LogP contribution is -2.38. The molecule has 0 aromatic heterocycles. The molecule has 3 heteroatoms. The summed E-state index contributed by atoms with van der Waals surface area (Å²) in [7, 11) is -1.39. The summed E-state index contributed by atoms with van der Waals surface area (Å²) in [6.07, 6.45) is 6.71. The molecule has 2 nitrogen and oxygen atoms in total. The first-order valence-corrected chi connectivity index (χ1v) is 19.5. The third-order valence-corrected chi connectivity index (χ3v) is 11.7. The summed E-state index contributed by atoms with van der Waals surface area (Å²) in [6.45, 7) is 7.23. The van der Waals surface area contributed by atoms with Gasteiger partial charge in [0.15, 0.2) is 0 Å². The monoisotopic (exact) mass is 598 g/mol. The summed E-state index contributed by atoms with van der Waals surface area (Å²) < 4.78 is 0. The van der Waals surface area contributed by atoms with Gasteiger partial charge in [-0.2, -0.15) is 0 Å². The van der Waals surface area contributed by atoms with E-state index in [1.807, 2.05) is 0 Å². The van der Waals surface area contributed by atoms with Crippen LogP contribution in [0.2, 0.25) is 19.6 Å². The number of hydrogen-bond donors (Lipinski definition) is 2. The van der Waals surface area contributed by atoms with Gasteiger partial charge in [0.25, 0.3) is 0 Å². The average Bonchev–Trinajstić information content (AvgIpc) is 3.42. The highest BCUT2D eigenvalue weighted by atomic mass is 28.3. The number of anilines is 3. The predicted molar refractivity (Wildman–Crippen MR) is 197 cm³/mol. The lowest BCUT2D eigenvalue weighted by molar-refractivity contribution is 0.601. The molecule has 220 valence electrons. The van der Waals surface area contributed by atoms with Crippen LogP contribution in [-0.4, -0.2) is 8.07 Å². The van der Waals surface area contributed by atoms with E-state index in [9.17, 15) is 0 Å².